The number of aliphatic hydroxyl groups is 1. The second kappa shape index (κ2) is 5.16. The van der Waals surface area contributed by atoms with Gasteiger partial charge in [-0.2, -0.15) is 0 Å². The summed E-state index contributed by atoms with van der Waals surface area (Å²) in [5.41, 5.74) is 0.820. The van der Waals surface area contributed by atoms with Gasteiger partial charge in [0, 0.05) is 26.5 Å². The molecule has 0 atom stereocenters. The lowest BCUT2D eigenvalue weighted by atomic mass is 10.4. The topological polar surface area (TPSA) is 50.2 Å². The molecule has 5 heteroatoms. The maximum atomic E-state index is 8.97. The summed E-state index contributed by atoms with van der Waals surface area (Å²) in [6.45, 7) is 1.50. The molecular formula is C8H14N2O2S. The molecule has 0 saturated heterocycles. The number of hydrogen-bond acceptors (Lipinski definition) is 3. The van der Waals surface area contributed by atoms with Crippen LogP contribution in [0.25, 0.3) is 0 Å². The minimum Gasteiger partial charge on any atom is -0.390 e. The number of H-pyrrole nitrogens is 1. The van der Waals surface area contributed by atoms with E-state index in [-0.39, 0.29) is 6.61 Å². The van der Waals surface area contributed by atoms with Crippen LogP contribution in [-0.4, -0.2) is 28.4 Å². The third kappa shape index (κ3) is 2.65. The molecule has 0 aliphatic carbocycles. The van der Waals surface area contributed by atoms with Gasteiger partial charge in [0.25, 0.3) is 0 Å². The number of nitrogens with zero attached hydrogens (tertiary/aromatic N) is 1. The Labute approximate surface area is 82.2 Å². The SMILES string of the molecule is COCCCn1c(CO)c[nH]c1=S. The fourth-order valence-electron chi connectivity index (χ4n) is 1.17. The van der Waals surface area contributed by atoms with Crippen molar-refractivity contribution in [2.24, 2.45) is 0 Å². The van der Waals surface area contributed by atoms with Crippen molar-refractivity contribution < 1.29 is 9.84 Å². The Morgan fingerprint density at radius 1 is 1.69 bits per heavy atom. The number of ether oxygens (including phenoxy) is 1. The van der Waals surface area contributed by atoms with Gasteiger partial charge < -0.3 is 19.4 Å². The van der Waals surface area contributed by atoms with Crippen molar-refractivity contribution in [2.75, 3.05) is 13.7 Å². The molecule has 4 nitrogen and oxygen atoms in total. The quantitative estimate of drug-likeness (QED) is 0.555. The summed E-state index contributed by atoms with van der Waals surface area (Å²) >= 11 is 5.04. The van der Waals surface area contributed by atoms with Crippen molar-refractivity contribution in [1.29, 1.82) is 0 Å². The van der Waals surface area contributed by atoms with Crippen LogP contribution in [0.2, 0.25) is 0 Å². The average molecular weight is 202 g/mol. The molecule has 0 unspecified atom stereocenters. The van der Waals surface area contributed by atoms with E-state index in [0.717, 1.165) is 18.7 Å². The Morgan fingerprint density at radius 2 is 2.46 bits per heavy atom. The monoisotopic (exact) mass is 202 g/mol. The molecule has 0 radical (unpaired) electrons. The molecule has 0 spiro atoms. The highest BCUT2D eigenvalue weighted by atomic mass is 32.1. The van der Waals surface area contributed by atoms with E-state index in [9.17, 15) is 0 Å². The molecule has 0 fully saturated rings. The molecule has 2 N–H and O–H groups in total. The first-order valence-corrected chi connectivity index (χ1v) is 4.57. The fraction of sp³-hybridized carbons (Fsp3) is 0.625. The summed E-state index contributed by atoms with van der Waals surface area (Å²) in [7, 11) is 1.67. The van der Waals surface area contributed by atoms with E-state index in [1.807, 2.05) is 4.57 Å². The molecule has 1 aromatic heterocycles. The molecule has 0 aliphatic heterocycles. The van der Waals surface area contributed by atoms with Gasteiger partial charge in [0.1, 0.15) is 0 Å². The van der Waals surface area contributed by atoms with Crippen molar-refractivity contribution in [3.63, 3.8) is 0 Å². The fourth-order valence-corrected chi connectivity index (χ4v) is 1.44. The first-order valence-electron chi connectivity index (χ1n) is 4.16. The first kappa shape index (κ1) is 10.4. The second-order valence-electron chi connectivity index (χ2n) is 2.74. The average Bonchev–Trinajstić information content (AvgIpc) is 2.48. The Morgan fingerprint density at radius 3 is 3.08 bits per heavy atom. The Bertz CT molecular complexity index is 305. The van der Waals surface area contributed by atoms with E-state index in [2.05, 4.69) is 4.98 Å². The highest BCUT2D eigenvalue weighted by Crippen LogP contribution is 2.02. The number of aromatic nitrogens is 2. The maximum absolute atomic E-state index is 8.97. The van der Waals surface area contributed by atoms with Crippen LogP contribution in [0.5, 0.6) is 0 Å². The standard InChI is InChI=1S/C8H14N2O2S/c1-12-4-2-3-10-7(6-11)5-9-8(10)13/h5,11H,2-4,6H2,1H3,(H,9,13). The molecule has 1 aromatic rings. The van der Waals surface area contributed by atoms with Crippen molar-refractivity contribution >= 4 is 12.2 Å². The molecular weight excluding hydrogens is 188 g/mol. The van der Waals surface area contributed by atoms with Gasteiger partial charge in [0.15, 0.2) is 4.77 Å². The summed E-state index contributed by atoms with van der Waals surface area (Å²) in [6, 6.07) is 0. The molecule has 0 aliphatic rings. The molecule has 0 amide bonds. The molecule has 0 saturated carbocycles. The van der Waals surface area contributed by atoms with Gasteiger partial charge in [-0.15, -0.1) is 0 Å². The Balaban J connectivity index is 2.63. The number of imidazole rings is 1. The summed E-state index contributed by atoms with van der Waals surface area (Å²) < 4.78 is 7.47. The van der Waals surface area contributed by atoms with Crippen molar-refractivity contribution in [3.05, 3.63) is 16.7 Å². The zero-order chi connectivity index (χ0) is 9.68. The largest absolute Gasteiger partial charge is 0.390 e. The predicted molar refractivity (Wildman–Crippen MR) is 52.0 cm³/mol. The number of aliphatic hydroxyl groups excluding tert-OH is 1. The lowest BCUT2D eigenvalue weighted by molar-refractivity contribution is 0.188. The predicted octanol–water partition coefficient (Wildman–Crippen LogP) is 1.07. The molecule has 13 heavy (non-hydrogen) atoms. The van der Waals surface area contributed by atoms with E-state index in [1.165, 1.54) is 0 Å². The normalized spacial score (nSPS) is 10.6. The van der Waals surface area contributed by atoms with E-state index in [1.54, 1.807) is 13.3 Å². The summed E-state index contributed by atoms with van der Waals surface area (Å²) in [5, 5.41) is 8.97. The van der Waals surface area contributed by atoms with E-state index < -0.39 is 0 Å². The molecule has 1 heterocycles. The zero-order valence-corrected chi connectivity index (χ0v) is 8.43. The van der Waals surface area contributed by atoms with Crippen LogP contribution >= 0.6 is 12.2 Å². The minimum absolute atomic E-state index is 0.0140. The number of hydrogen-bond donors (Lipinski definition) is 2. The maximum Gasteiger partial charge on any atom is 0.177 e. The Kier molecular flexibility index (Phi) is 4.14. The van der Waals surface area contributed by atoms with Crippen LogP contribution in [0, 0.1) is 4.77 Å². The second-order valence-corrected chi connectivity index (χ2v) is 3.13. The van der Waals surface area contributed by atoms with Gasteiger partial charge in [-0.05, 0) is 18.6 Å². The van der Waals surface area contributed by atoms with Crippen LogP contribution in [-0.2, 0) is 17.9 Å². The number of rotatable bonds is 5. The molecule has 74 valence electrons. The minimum atomic E-state index is 0.0140. The van der Waals surface area contributed by atoms with Gasteiger partial charge in [0.05, 0.1) is 12.3 Å². The highest BCUT2D eigenvalue weighted by molar-refractivity contribution is 7.71. The van der Waals surface area contributed by atoms with Gasteiger partial charge in [0.2, 0.25) is 0 Å². The number of aromatic amines is 1. The van der Waals surface area contributed by atoms with Crippen LogP contribution in [0.1, 0.15) is 12.1 Å². The zero-order valence-electron chi connectivity index (χ0n) is 7.62. The molecule has 0 aromatic carbocycles. The Hall–Kier alpha value is -0.650. The summed E-state index contributed by atoms with van der Waals surface area (Å²) in [6.07, 6.45) is 2.63. The number of nitrogens with one attached hydrogen (secondary N) is 1. The lowest BCUT2D eigenvalue weighted by Crippen LogP contribution is -2.05. The van der Waals surface area contributed by atoms with Crippen LogP contribution < -0.4 is 0 Å². The van der Waals surface area contributed by atoms with Crippen molar-refractivity contribution in [1.82, 2.24) is 9.55 Å². The number of methoxy groups -OCH3 is 1. The van der Waals surface area contributed by atoms with Crippen molar-refractivity contribution in [2.45, 2.75) is 19.6 Å². The third-order valence-corrected chi connectivity index (χ3v) is 2.18. The first-order chi connectivity index (χ1) is 6.29. The van der Waals surface area contributed by atoms with Crippen LogP contribution in [0.3, 0.4) is 0 Å². The van der Waals surface area contributed by atoms with E-state index >= 15 is 0 Å². The smallest absolute Gasteiger partial charge is 0.177 e. The lowest BCUT2D eigenvalue weighted by Gasteiger charge is -2.05. The van der Waals surface area contributed by atoms with Crippen LogP contribution in [0.15, 0.2) is 6.20 Å². The van der Waals surface area contributed by atoms with Gasteiger partial charge in [-0.3, -0.25) is 0 Å². The third-order valence-electron chi connectivity index (χ3n) is 1.85. The molecule has 1 rings (SSSR count). The summed E-state index contributed by atoms with van der Waals surface area (Å²) in [4.78, 5) is 2.89. The van der Waals surface area contributed by atoms with E-state index in [4.69, 9.17) is 22.1 Å². The highest BCUT2D eigenvalue weighted by Gasteiger charge is 2.01. The van der Waals surface area contributed by atoms with E-state index in [0.29, 0.717) is 11.4 Å². The van der Waals surface area contributed by atoms with Gasteiger partial charge in [-0.25, -0.2) is 0 Å². The molecule has 0 bridgehead atoms. The van der Waals surface area contributed by atoms with Crippen molar-refractivity contribution in [3.8, 4) is 0 Å². The van der Waals surface area contributed by atoms with Crippen LogP contribution in [0.4, 0.5) is 0 Å². The van der Waals surface area contributed by atoms with Gasteiger partial charge in [-0.1, -0.05) is 0 Å². The summed E-state index contributed by atoms with van der Waals surface area (Å²) in [5.74, 6) is 0. The van der Waals surface area contributed by atoms with Gasteiger partial charge >= 0.3 is 0 Å².